The SMILES string of the molecule is COc1ccc(-c2nnc(NC(=O)[C@@H](C)Sc3ccccc3)s2)c(OC)c1. The van der Waals surface area contributed by atoms with Gasteiger partial charge in [0.15, 0.2) is 5.01 Å². The van der Waals surface area contributed by atoms with Gasteiger partial charge in [0.05, 0.1) is 25.0 Å². The van der Waals surface area contributed by atoms with Crippen LogP contribution in [-0.4, -0.2) is 35.6 Å². The lowest BCUT2D eigenvalue weighted by molar-refractivity contribution is -0.115. The number of hydrogen-bond donors (Lipinski definition) is 1. The molecule has 0 bridgehead atoms. The third-order valence-corrected chi connectivity index (χ3v) is 5.70. The fourth-order valence-electron chi connectivity index (χ4n) is 2.32. The van der Waals surface area contributed by atoms with E-state index in [0.717, 1.165) is 10.5 Å². The number of hydrogen-bond acceptors (Lipinski definition) is 7. The van der Waals surface area contributed by atoms with Gasteiger partial charge in [-0.3, -0.25) is 10.1 Å². The second-order valence-corrected chi connectivity index (χ2v) is 7.93. The summed E-state index contributed by atoms with van der Waals surface area (Å²) in [6, 6.07) is 15.3. The van der Waals surface area contributed by atoms with E-state index in [4.69, 9.17) is 9.47 Å². The van der Waals surface area contributed by atoms with Crippen LogP contribution in [0.25, 0.3) is 10.6 Å². The number of methoxy groups -OCH3 is 2. The second kappa shape index (κ2) is 8.88. The molecule has 0 saturated heterocycles. The van der Waals surface area contributed by atoms with E-state index in [9.17, 15) is 4.79 Å². The highest BCUT2D eigenvalue weighted by atomic mass is 32.2. The molecule has 1 aromatic heterocycles. The van der Waals surface area contributed by atoms with Crippen molar-refractivity contribution in [2.75, 3.05) is 19.5 Å². The van der Waals surface area contributed by atoms with E-state index in [0.29, 0.717) is 21.6 Å². The number of carbonyl (C=O) groups excluding carboxylic acids is 1. The summed E-state index contributed by atoms with van der Waals surface area (Å²) in [7, 11) is 3.19. The van der Waals surface area contributed by atoms with Crippen LogP contribution in [0.5, 0.6) is 11.5 Å². The molecule has 1 heterocycles. The second-order valence-electron chi connectivity index (χ2n) is 5.54. The highest BCUT2D eigenvalue weighted by molar-refractivity contribution is 8.00. The fraction of sp³-hybridized carbons (Fsp3) is 0.211. The van der Waals surface area contributed by atoms with Crippen molar-refractivity contribution >= 4 is 34.1 Å². The summed E-state index contributed by atoms with van der Waals surface area (Å²) in [5.74, 6) is 1.21. The van der Waals surface area contributed by atoms with Crippen molar-refractivity contribution in [3.05, 3.63) is 48.5 Å². The molecule has 1 amide bonds. The zero-order chi connectivity index (χ0) is 19.2. The normalized spacial score (nSPS) is 11.7. The number of anilines is 1. The van der Waals surface area contributed by atoms with Crippen molar-refractivity contribution in [3.63, 3.8) is 0 Å². The molecule has 0 saturated carbocycles. The quantitative estimate of drug-likeness (QED) is 0.594. The maximum absolute atomic E-state index is 12.4. The van der Waals surface area contributed by atoms with Crippen LogP contribution < -0.4 is 14.8 Å². The van der Waals surface area contributed by atoms with Crippen molar-refractivity contribution in [2.24, 2.45) is 0 Å². The lowest BCUT2D eigenvalue weighted by Crippen LogP contribution is -2.22. The highest BCUT2D eigenvalue weighted by Crippen LogP contribution is 2.36. The van der Waals surface area contributed by atoms with Gasteiger partial charge in [-0.15, -0.1) is 22.0 Å². The molecule has 1 atom stereocenters. The Bertz CT molecular complexity index is 916. The molecule has 3 aromatic rings. The molecule has 0 radical (unpaired) electrons. The number of thioether (sulfide) groups is 1. The van der Waals surface area contributed by atoms with Crippen LogP contribution in [0.3, 0.4) is 0 Å². The van der Waals surface area contributed by atoms with Gasteiger partial charge in [-0.1, -0.05) is 29.5 Å². The molecular formula is C19H19N3O3S2. The van der Waals surface area contributed by atoms with E-state index in [2.05, 4.69) is 15.5 Å². The van der Waals surface area contributed by atoms with E-state index in [1.807, 2.05) is 49.4 Å². The van der Waals surface area contributed by atoms with Gasteiger partial charge in [0.2, 0.25) is 11.0 Å². The fourth-order valence-corrected chi connectivity index (χ4v) is 3.99. The van der Waals surface area contributed by atoms with Gasteiger partial charge in [-0.05, 0) is 31.2 Å². The number of amides is 1. The minimum Gasteiger partial charge on any atom is -0.497 e. The Labute approximate surface area is 165 Å². The van der Waals surface area contributed by atoms with Crippen molar-refractivity contribution in [2.45, 2.75) is 17.1 Å². The Morgan fingerprint density at radius 3 is 2.59 bits per heavy atom. The summed E-state index contributed by atoms with van der Waals surface area (Å²) < 4.78 is 10.6. The predicted molar refractivity (Wildman–Crippen MR) is 109 cm³/mol. The predicted octanol–water partition coefficient (Wildman–Crippen LogP) is 4.34. The van der Waals surface area contributed by atoms with Crippen LogP contribution in [0.2, 0.25) is 0 Å². The van der Waals surface area contributed by atoms with Gasteiger partial charge in [0, 0.05) is 11.0 Å². The average Bonchev–Trinajstić information content (AvgIpc) is 3.16. The van der Waals surface area contributed by atoms with Gasteiger partial charge in [0.25, 0.3) is 0 Å². The molecular weight excluding hydrogens is 382 g/mol. The first-order valence-corrected chi connectivity index (χ1v) is 9.89. The Morgan fingerprint density at radius 1 is 1.11 bits per heavy atom. The maximum atomic E-state index is 12.4. The molecule has 0 aliphatic carbocycles. The molecule has 0 spiro atoms. The van der Waals surface area contributed by atoms with Gasteiger partial charge in [-0.25, -0.2) is 0 Å². The summed E-state index contributed by atoms with van der Waals surface area (Å²) in [5, 5.41) is 11.9. The van der Waals surface area contributed by atoms with Crippen LogP contribution in [0.1, 0.15) is 6.92 Å². The van der Waals surface area contributed by atoms with Crippen molar-refractivity contribution in [1.82, 2.24) is 10.2 Å². The summed E-state index contributed by atoms with van der Waals surface area (Å²) >= 11 is 2.79. The van der Waals surface area contributed by atoms with Crippen LogP contribution in [0, 0.1) is 0 Å². The molecule has 140 valence electrons. The minimum absolute atomic E-state index is 0.117. The first kappa shape index (κ1) is 19.2. The number of benzene rings is 2. The summed E-state index contributed by atoms with van der Waals surface area (Å²) in [6.45, 7) is 1.86. The topological polar surface area (TPSA) is 73.3 Å². The van der Waals surface area contributed by atoms with Crippen molar-refractivity contribution in [1.29, 1.82) is 0 Å². The van der Waals surface area contributed by atoms with Crippen LogP contribution >= 0.6 is 23.1 Å². The Kier molecular flexibility index (Phi) is 6.31. The third-order valence-electron chi connectivity index (χ3n) is 3.72. The lowest BCUT2D eigenvalue weighted by Gasteiger charge is -2.10. The molecule has 27 heavy (non-hydrogen) atoms. The van der Waals surface area contributed by atoms with Gasteiger partial charge >= 0.3 is 0 Å². The summed E-state index contributed by atoms with van der Waals surface area (Å²) in [5.41, 5.74) is 0.794. The zero-order valence-corrected chi connectivity index (χ0v) is 16.8. The largest absolute Gasteiger partial charge is 0.497 e. The van der Waals surface area contributed by atoms with E-state index >= 15 is 0 Å². The molecule has 0 aliphatic heterocycles. The number of ether oxygens (including phenoxy) is 2. The zero-order valence-electron chi connectivity index (χ0n) is 15.1. The number of nitrogens with zero attached hydrogens (tertiary/aromatic N) is 2. The molecule has 0 fully saturated rings. The van der Waals surface area contributed by atoms with Gasteiger partial charge in [0.1, 0.15) is 11.5 Å². The first-order valence-electron chi connectivity index (χ1n) is 8.19. The summed E-state index contributed by atoms with van der Waals surface area (Å²) in [4.78, 5) is 13.5. The van der Waals surface area contributed by atoms with E-state index in [-0.39, 0.29) is 11.2 Å². The van der Waals surface area contributed by atoms with Crippen LogP contribution in [0.4, 0.5) is 5.13 Å². The average molecular weight is 402 g/mol. The van der Waals surface area contributed by atoms with Gasteiger partial charge in [-0.2, -0.15) is 0 Å². The Morgan fingerprint density at radius 2 is 1.89 bits per heavy atom. The number of carbonyl (C=O) groups is 1. The van der Waals surface area contributed by atoms with E-state index < -0.39 is 0 Å². The first-order chi connectivity index (χ1) is 13.1. The number of aromatic nitrogens is 2. The van der Waals surface area contributed by atoms with Gasteiger partial charge < -0.3 is 9.47 Å². The molecule has 0 unspecified atom stereocenters. The monoisotopic (exact) mass is 401 g/mol. The van der Waals surface area contributed by atoms with Crippen molar-refractivity contribution in [3.8, 4) is 22.1 Å². The molecule has 3 rings (SSSR count). The molecule has 8 heteroatoms. The van der Waals surface area contributed by atoms with Crippen LogP contribution in [-0.2, 0) is 4.79 Å². The van der Waals surface area contributed by atoms with E-state index in [1.54, 1.807) is 20.3 Å². The van der Waals surface area contributed by atoms with E-state index in [1.165, 1.54) is 23.1 Å². The highest BCUT2D eigenvalue weighted by Gasteiger charge is 2.18. The molecule has 2 aromatic carbocycles. The molecule has 1 N–H and O–H groups in total. The minimum atomic E-state index is -0.254. The molecule has 0 aliphatic rings. The summed E-state index contributed by atoms with van der Waals surface area (Å²) in [6.07, 6.45) is 0. The Balaban J connectivity index is 1.70. The number of nitrogens with one attached hydrogen (secondary N) is 1. The maximum Gasteiger partial charge on any atom is 0.239 e. The number of rotatable bonds is 7. The lowest BCUT2D eigenvalue weighted by atomic mass is 10.2. The van der Waals surface area contributed by atoms with Crippen molar-refractivity contribution < 1.29 is 14.3 Å². The smallest absolute Gasteiger partial charge is 0.239 e. The Hall–Kier alpha value is -2.58. The third kappa shape index (κ3) is 4.78. The molecule has 6 nitrogen and oxygen atoms in total. The van der Waals surface area contributed by atoms with Crippen LogP contribution in [0.15, 0.2) is 53.4 Å². The standard InChI is InChI=1S/C19H19N3O3S2/c1-12(26-14-7-5-4-6-8-14)17(23)20-19-22-21-18(27-19)15-10-9-13(24-2)11-16(15)25-3/h4-12H,1-3H3,(H,20,22,23)/t12-/m1/s1.